The molecule has 0 radical (unpaired) electrons. The van der Waals surface area contributed by atoms with Crippen LogP contribution in [0, 0.1) is 0 Å². The van der Waals surface area contributed by atoms with E-state index >= 15 is 0 Å². The first-order chi connectivity index (χ1) is 8.20. The largest absolute Gasteiger partial charge is 0.477 e. The van der Waals surface area contributed by atoms with Crippen molar-refractivity contribution in [1.29, 1.82) is 0 Å². The Balaban J connectivity index is 2.36. The molecule has 0 atom stereocenters. The number of nitrogens with one attached hydrogen (secondary N) is 1. The van der Waals surface area contributed by atoms with E-state index in [1.807, 2.05) is 24.3 Å². The maximum Gasteiger partial charge on any atom is 0.352 e. The number of allylic oxidation sites excluding steroid dienone is 1. The van der Waals surface area contributed by atoms with E-state index < -0.39 is 5.97 Å². The topological polar surface area (TPSA) is 70.2 Å². The number of hydrogen-bond acceptors (Lipinski definition) is 2. The van der Waals surface area contributed by atoms with Crippen LogP contribution in [0.5, 0.6) is 0 Å². The third kappa shape index (κ3) is 2.42. The van der Waals surface area contributed by atoms with Crippen LogP contribution in [-0.4, -0.2) is 22.3 Å². The molecule has 0 aliphatic heterocycles. The van der Waals surface area contributed by atoms with Gasteiger partial charge in [-0.3, -0.25) is 0 Å². The number of H-pyrrole nitrogens is 1. The number of aldehydes is 1. The lowest BCUT2D eigenvalue weighted by Gasteiger charge is -1.93. The van der Waals surface area contributed by atoms with E-state index in [9.17, 15) is 9.59 Å². The van der Waals surface area contributed by atoms with Gasteiger partial charge in [-0.2, -0.15) is 0 Å². The first-order valence-corrected chi connectivity index (χ1v) is 5.17. The van der Waals surface area contributed by atoms with Crippen LogP contribution in [0.1, 0.15) is 22.5 Å². The van der Waals surface area contributed by atoms with Gasteiger partial charge in [0, 0.05) is 17.3 Å². The summed E-state index contributed by atoms with van der Waals surface area (Å²) in [7, 11) is 0. The molecule has 2 aromatic rings. The van der Waals surface area contributed by atoms with Crippen molar-refractivity contribution in [3.8, 4) is 0 Å². The standard InChI is InChI=1S/C13H11NO3/c15-6-2-1-3-9-4-5-11-10(7-9)8-12(14-11)13(16)17/h1,3-8,14H,2H2,(H,16,17). The number of benzene rings is 1. The van der Waals surface area contributed by atoms with Gasteiger partial charge in [0.05, 0.1) is 0 Å². The monoisotopic (exact) mass is 229 g/mol. The molecule has 2 N–H and O–H groups in total. The van der Waals surface area contributed by atoms with Gasteiger partial charge >= 0.3 is 5.97 Å². The number of carbonyl (C=O) groups excluding carboxylic acids is 1. The van der Waals surface area contributed by atoms with Crippen molar-refractivity contribution in [1.82, 2.24) is 4.98 Å². The summed E-state index contributed by atoms with van der Waals surface area (Å²) in [6.07, 6.45) is 4.81. The van der Waals surface area contributed by atoms with Gasteiger partial charge in [0.1, 0.15) is 12.0 Å². The maximum absolute atomic E-state index is 10.8. The minimum atomic E-state index is -0.973. The van der Waals surface area contributed by atoms with Crippen molar-refractivity contribution in [3.63, 3.8) is 0 Å². The number of fused-ring (bicyclic) bond motifs is 1. The molecule has 86 valence electrons. The SMILES string of the molecule is O=CCC=Cc1ccc2[nH]c(C(=O)O)cc2c1. The highest BCUT2D eigenvalue weighted by Gasteiger charge is 2.06. The molecule has 0 saturated heterocycles. The number of carboxylic acid groups (broad SMARTS) is 1. The zero-order chi connectivity index (χ0) is 12.3. The quantitative estimate of drug-likeness (QED) is 0.791. The predicted molar refractivity (Wildman–Crippen MR) is 65.0 cm³/mol. The molecular formula is C13H11NO3. The van der Waals surface area contributed by atoms with E-state index in [1.54, 1.807) is 12.1 Å². The lowest BCUT2D eigenvalue weighted by molar-refractivity contribution is -0.107. The highest BCUT2D eigenvalue weighted by Crippen LogP contribution is 2.18. The third-order valence-corrected chi connectivity index (χ3v) is 2.42. The van der Waals surface area contributed by atoms with Gasteiger partial charge in [0.25, 0.3) is 0 Å². The van der Waals surface area contributed by atoms with E-state index in [0.717, 1.165) is 22.8 Å². The predicted octanol–water partition coefficient (Wildman–Crippen LogP) is 2.47. The average molecular weight is 229 g/mol. The van der Waals surface area contributed by atoms with Gasteiger partial charge in [0.15, 0.2) is 0 Å². The lowest BCUT2D eigenvalue weighted by atomic mass is 10.1. The Hall–Kier alpha value is -2.36. The molecule has 4 heteroatoms. The molecule has 1 aromatic carbocycles. The molecule has 2 rings (SSSR count). The highest BCUT2D eigenvalue weighted by atomic mass is 16.4. The van der Waals surface area contributed by atoms with E-state index in [1.165, 1.54) is 0 Å². The summed E-state index contributed by atoms with van der Waals surface area (Å²) in [5, 5.41) is 9.69. The Bertz CT molecular complexity index is 596. The Kier molecular flexibility index (Phi) is 3.05. The Morgan fingerprint density at radius 2 is 2.18 bits per heavy atom. The first-order valence-electron chi connectivity index (χ1n) is 5.17. The van der Waals surface area contributed by atoms with Crippen molar-refractivity contribution in [2.75, 3.05) is 0 Å². The van der Waals surface area contributed by atoms with Gasteiger partial charge < -0.3 is 14.9 Å². The molecule has 1 aromatic heterocycles. The van der Waals surface area contributed by atoms with Gasteiger partial charge in [-0.1, -0.05) is 18.2 Å². The molecule has 0 spiro atoms. The summed E-state index contributed by atoms with van der Waals surface area (Å²) < 4.78 is 0. The molecule has 1 heterocycles. The second-order valence-electron chi connectivity index (χ2n) is 3.64. The number of aromatic amines is 1. The number of aromatic carboxylic acids is 1. The number of carboxylic acids is 1. The molecule has 0 bridgehead atoms. The number of hydrogen-bond donors (Lipinski definition) is 2. The van der Waals surface area contributed by atoms with Crippen LogP contribution in [0.25, 0.3) is 17.0 Å². The Labute approximate surface area is 97.6 Å². The Morgan fingerprint density at radius 3 is 2.88 bits per heavy atom. The smallest absolute Gasteiger partial charge is 0.352 e. The van der Waals surface area contributed by atoms with Gasteiger partial charge in [-0.05, 0) is 23.8 Å². The van der Waals surface area contributed by atoms with Crippen LogP contribution in [0.3, 0.4) is 0 Å². The molecule has 0 aliphatic rings. The fourth-order valence-electron chi connectivity index (χ4n) is 1.63. The van der Waals surface area contributed by atoms with Crippen molar-refractivity contribution in [3.05, 3.63) is 41.6 Å². The highest BCUT2D eigenvalue weighted by molar-refractivity contribution is 5.94. The first kappa shape index (κ1) is 11.1. The van der Waals surface area contributed by atoms with Gasteiger partial charge in [-0.15, -0.1) is 0 Å². The molecule has 0 saturated carbocycles. The Morgan fingerprint density at radius 1 is 1.35 bits per heavy atom. The van der Waals surface area contributed by atoms with Crippen LogP contribution < -0.4 is 0 Å². The minimum absolute atomic E-state index is 0.175. The van der Waals surface area contributed by atoms with E-state index in [2.05, 4.69) is 4.98 Å². The van der Waals surface area contributed by atoms with Gasteiger partial charge in [-0.25, -0.2) is 4.79 Å². The zero-order valence-electron chi connectivity index (χ0n) is 9.01. The zero-order valence-corrected chi connectivity index (χ0v) is 9.01. The van der Waals surface area contributed by atoms with Crippen molar-refractivity contribution in [2.45, 2.75) is 6.42 Å². The van der Waals surface area contributed by atoms with Crippen molar-refractivity contribution in [2.24, 2.45) is 0 Å². The molecule has 17 heavy (non-hydrogen) atoms. The lowest BCUT2D eigenvalue weighted by Crippen LogP contribution is -1.94. The minimum Gasteiger partial charge on any atom is -0.477 e. The van der Waals surface area contributed by atoms with E-state index in [0.29, 0.717) is 6.42 Å². The normalized spacial score (nSPS) is 11.1. The summed E-state index contributed by atoms with van der Waals surface area (Å²) in [4.78, 5) is 23.8. The second-order valence-corrected chi connectivity index (χ2v) is 3.64. The third-order valence-electron chi connectivity index (χ3n) is 2.42. The summed E-state index contributed by atoms with van der Waals surface area (Å²) in [6, 6.07) is 7.16. The average Bonchev–Trinajstić information content (AvgIpc) is 2.72. The number of aromatic nitrogens is 1. The van der Waals surface area contributed by atoms with Crippen LogP contribution >= 0.6 is 0 Å². The number of carbonyl (C=O) groups is 2. The molecule has 0 fully saturated rings. The summed E-state index contributed by atoms with van der Waals surface area (Å²) in [6.45, 7) is 0. The van der Waals surface area contributed by atoms with Crippen LogP contribution in [0.15, 0.2) is 30.3 Å². The molecular weight excluding hydrogens is 218 g/mol. The fraction of sp³-hybridized carbons (Fsp3) is 0.0769. The van der Waals surface area contributed by atoms with E-state index in [4.69, 9.17) is 5.11 Å². The molecule has 0 aliphatic carbocycles. The van der Waals surface area contributed by atoms with Crippen LogP contribution in [0.4, 0.5) is 0 Å². The molecule has 4 nitrogen and oxygen atoms in total. The molecule has 0 amide bonds. The maximum atomic E-state index is 10.8. The summed E-state index contributed by atoms with van der Waals surface area (Å²) in [5.74, 6) is -0.973. The number of rotatable bonds is 4. The van der Waals surface area contributed by atoms with Crippen LogP contribution in [-0.2, 0) is 4.79 Å². The second kappa shape index (κ2) is 4.65. The van der Waals surface area contributed by atoms with Crippen molar-refractivity contribution >= 4 is 29.2 Å². The summed E-state index contributed by atoms with van der Waals surface area (Å²) >= 11 is 0. The summed E-state index contributed by atoms with van der Waals surface area (Å²) in [5.41, 5.74) is 1.90. The van der Waals surface area contributed by atoms with Crippen molar-refractivity contribution < 1.29 is 14.7 Å². The molecule has 0 unspecified atom stereocenters. The van der Waals surface area contributed by atoms with Crippen LogP contribution in [0.2, 0.25) is 0 Å². The van der Waals surface area contributed by atoms with Gasteiger partial charge in [0.2, 0.25) is 0 Å². The van der Waals surface area contributed by atoms with E-state index in [-0.39, 0.29) is 5.69 Å². The fourth-order valence-corrected chi connectivity index (χ4v) is 1.63.